The minimum absolute atomic E-state index is 1.21. The number of nitrogens with one attached hydrogen (secondary N) is 3. The summed E-state index contributed by atoms with van der Waals surface area (Å²) < 4.78 is 0. The zero-order valence-electron chi connectivity index (χ0n) is 13.4. The second kappa shape index (κ2) is 7.92. The first-order valence-electron chi connectivity index (χ1n) is 8.95. The van der Waals surface area contributed by atoms with Gasteiger partial charge in [0.2, 0.25) is 0 Å². The van der Waals surface area contributed by atoms with Crippen molar-refractivity contribution < 1.29 is 14.7 Å². The van der Waals surface area contributed by atoms with E-state index in [1.807, 2.05) is 9.80 Å². The van der Waals surface area contributed by atoms with E-state index in [1.165, 1.54) is 83.7 Å². The van der Waals surface area contributed by atoms with Gasteiger partial charge in [0.25, 0.3) is 0 Å². The zero-order chi connectivity index (χ0) is 14.3. The van der Waals surface area contributed by atoms with Gasteiger partial charge in [0.1, 0.15) is 45.8 Å². The minimum Gasteiger partial charge on any atom is -0.330 e. The van der Waals surface area contributed by atoms with Crippen molar-refractivity contribution in [1.29, 1.82) is 0 Å². The molecule has 21 heavy (non-hydrogen) atoms. The highest BCUT2D eigenvalue weighted by molar-refractivity contribution is 5.13. The van der Waals surface area contributed by atoms with Crippen molar-refractivity contribution in [3.8, 4) is 0 Å². The van der Waals surface area contributed by atoms with Crippen molar-refractivity contribution in [1.82, 2.24) is 0 Å². The van der Waals surface area contributed by atoms with E-state index in [2.05, 4.69) is 30.3 Å². The lowest BCUT2D eigenvalue weighted by atomic mass is 10.1. The first-order chi connectivity index (χ1) is 10.4. The molecule has 116 valence electrons. The first kappa shape index (κ1) is 15.0. The first-order valence-corrected chi connectivity index (χ1v) is 8.95. The van der Waals surface area contributed by atoms with Gasteiger partial charge in [-0.1, -0.05) is 30.3 Å². The van der Waals surface area contributed by atoms with Gasteiger partial charge in [-0.05, 0) is 19.3 Å². The van der Waals surface area contributed by atoms with Crippen LogP contribution in [0, 0.1) is 0 Å². The van der Waals surface area contributed by atoms with E-state index in [0.29, 0.717) is 0 Å². The van der Waals surface area contributed by atoms with E-state index >= 15 is 0 Å². The summed E-state index contributed by atoms with van der Waals surface area (Å²) in [5.74, 6) is 0. The Balaban J connectivity index is 1.35. The Morgan fingerprint density at radius 1 is 0.619 bits per heavy atom. The zero-order valence-corrected chi connectivity index (χ0v) is 13.4. The molecule has 0 aromatic heterocycles. The largest absolute Gasteiger partial charge is 0.330 e. The SMILES string of the molecule is c1ccc(C[NH+]2CC[NH+](CC[NH+]3CCCCC3)CC2)cc1. The molecule has 0 atom stereocenters. The summed E-state index contributed by atoms with van der Waals surface area (Å²) in [6, 6.07) is 11.0. The third kappa shape index (κ3) is 4.80. The number of quaternary nitrogens is 3. The van der Waals surface area contributed by atoms with E-state index in [9.17, 15) is 0 Å². The Morgan fingerprint density at radius 3 is 1.86 bits per heavy atom. The quantitative estimate of drug-likeness (QED) is 0.557. The summed E-state index contributed by atoms with van der Waals surface area (Å²) in [6.07, 6.45) is 4.39. The maximum atomic E-state index is 2.27. The van der Waals surface area contributed by atoms with Crippen LogP contribution in [0.4, 0.5) is 0 Å². The molecule has 0 saturated carbocycles. The van der Waals surface area contributed by atoms with E-state index in [4.69, 9.17) is 0 Å². The van der Waals surface area contributed by atoms with Crippen molar-refractivity contribution in [3.63, 3.8) is 0 Å². The van der Waals surface area contributed by atoms with Gasteiger partial charge in [-0.15, -0.1) is 0 Å². The maximum absolute atomic E-state index is 2.27. The number of rotatable bonds is 5. The number of likely N-dealkylation sites (tertiary alicyclic amines) is 1. The van der Waals surface area contributed by atoms with Crippen molar-refractivity contribution in [3.05, 3.63) is 35.9 Å². The highest BCUT2D eigenvalue weighted by Gasteiger charge is 2.24. The van der Waals surface area contributed by atoms with Crippen LogP contribution >= 0.6 is 0 Å². The van der Waals surface area contributed by atoms with Crippen LogP contribution in [-0.2, 0) is 6.54 Å². The molecule has 1 aromatic carbocycles. The molecular weight excluding hydrogens is 258 g/mol. The number of piperidine rings is 1. The highest BCUT2D eigenvalue weighted by Crippen LogP contribution is 1.95. The monoisotopic (exact) mass is 290 g/mol. The molecule has 0 spiro atoms. The molecule has 2 aliphatic rings. The molecule has 0 unspecified atom stereocenters. The van der Waals surface area contributed by atoms with Gasteiger partial charge in [-0.2, -0.15) is 0 Å². The van der Waals surface area contributed by atoms with Crippen LogP contribution in [0.15, 0.2) is 30.3 Å². The van der Waals surface area contributed by atoms with Crippen LogP contribution in [0.25, 0.3) is 0 Å². The van der Waals surface area contributed by atoms with Gasteiger partial charge in [-0.25, -0.2) is 0 Å². The predicted octanol–water partition coefficient (Wildman–Crippen LogP) is -1.96. The van der Waals surface area contributed by atoms with Crippen LogP contribution in [0.5, 0.6) is 0 Å². The summed E-state index contributed by atoms with van der Waals surface area (Å²) in [7, 11) is 0. The molecule has 2 heterocycles. The minimum atomic E-state index is 1.21. The lowest BCUT2D eigenvalue weighted by Crippen LogP contribution is -3.29. The van der Waals surface area contributed by atoms with Crippen LogP contribution < -0.4 is 14.7 Å². The third-order valence-electron chi connectivity index (χ3n) is 5.35. The molecule has 3 heteroatoms. The average Bonchev–Trinajstić information content (AvgIpc) is 2.56. The summed E-state index contributed by atoms with van der Waals surface area (Å²) in [5.41, 5.74) is 1.49. The molecule has 0 amide bonds. The topological polar surface area (TPSA) is 13.3 Å². The second-order valence-electron chi connectivity index (χ2n) is 6.97. The fourth-order valence-electron chi connectivity index (χ4n) is 3.92. The molecule has 0 radical (unpaired) electrons. The Morgan fingerprint density at radius 2 is 1.19 bits per heavy atom. The Kier molecular flexibility index (Phi) is 5.67. The van der Waals surface area contributed by atoms with Crippen LogP contribution in [0.3, 0.4) is 0 Å². The highest BCUT2D eigenvalue weighted by atomic mass is 15.3. The van der Waals surface area contributed by atoms with Gasteiger partial charge in [0.15, 0.2) is 0 Å². The molecule has 3 rings (SSSR count). The molecular formula is C18H32N3+3. The van der Waals surface area contributed by atoms with Gasteiger partial charge in [0, 0.05) is 5.56 Å². The Bertz CT molecular complexity index is 392. The van der Waals surface area contributed by atoms with Crippen molar-refractivity contribution in [2.24, 2.45) is 0 Å². The Labute approximate surface area is 129 Å². The van der Waals surface area contributed by atoms with E-state index < -0.39 is 0 Å². The number of hydrogen-bond donors (Lipinski definition) is 3. The molecule has 2 fully saturated rings. The van der Waals surface area contributed by atoms with Gasteiger partial charge < -0.3 is 14.7 Å². The molecule has 3 nitrogen and oxygen atoms in total. The molecule has 0 aliphatic carbocycles. The van der Waals surface area contributed by atoms with Crippen LogP contribution in [-0.4, -0.2) is 52.4 Å². The maximum Gasteiger partial charge on any atom is 0.127 e. The summed E-state index contributed by atoms with van der Waals surface area (Å²) in [4.78, 5) is 5.49. The molecule has 2 aliphatic heterocycles. The van der Waals surface area contributed by atoms with Crippen molar-refractivity contribution >= 4 is 0 Å². The van der Waals surface area contributed by atoms with Crippen molar-refractivity contribution in [2.75, 3.05) is 52.4 Å². The molecule has 3 N–H and O–H groups in total. The standard InChI is InChI=1S/C18H29N3/c1-3-7-18(8-4-1)17-21-15-13-20(14-16-21)12-11-19-9-5-2-6-10-19/h1,3-4,7-8H,2,5-6,9-17H2/p+3. The smallest absolute Gasteiger partial charge is 0.127 e. The summed E-state index contributed by atoms with van der Waals surface area (Å²) >= 11 is 0. The number of piperazine rings is 1. The number of benzene rings is 1. The van der Waals surface area contributed by atoms with E-state index in [1.54, 1.807) is 4.90 Å². The third-order valence-corrected chi connectivity index (χ3v) is 5.35. The lowest BCUT2D eigenvalue weighted by molar-refractivity contribution is -1.03. The molecule has 2 saturated heterocycles. The average molecular weight is 290 g/mol. The van der Waals surface area contributed by atoms with Gasteiger partial charge in [-0.3, -0.25) is 0 Å². The summed E-state index contributed by atoms with van der Waals surface area (Å²) in [6.45, 7) is 12.3. The Hall–Kier alpha value is -0.900. The fraction of sp³-hybridized carbons (Fsp3) is 0.667. The van der Waals surface area contributed by atoms with E-state index in [0.717, 1.165) is 0 Å². The fourth-order valence-corrected chi connectivity index (χ4v) is 3.92. The molecule has 1 aromatic rings. The van der Waals surface area contributed by atoms with Crippen molar-refractivity contribution in [2.45, 2.75) is 25.8 Å². The van der Waals surface area contributed by atoms with Gasteiger partial charge >= 0.3 is 0 Å². The predicted molar refractivity (Wildman–Crippen MR) is 85.8 cm³/mol. The van der Waals surface area contributed by atoms with Gasteiger partial charge in [0.05, 0.1) is 13.1 Å². The second-order valence-corrected chi connectivity index (χ2v) is 6.97. The number of hydrogen-bond acceptors (Lipinski definition) is 0. The van der Waals surface area contributed by atoms with Crippen LogP contribution in [0.2, 0.25) is 0 Å². The normalized spacial score (nSPS) is 27.6. The lowest BCUT2D eigenvalue weighted by Gasteiger charge is -2.31. The molecule has 0 bridgehead atoms. The summed E-state index contributed by atoms with van der Waals surface area (Å²) in [5, 5.41) is 0. The van der Waals surface area contributed by atoms with Crippen LogP contribution in [0.1, 0.15) is 24.8 Å². The van der Waals surface area contributed by atoms with E-state index in [-0.39, 0.29) is 0 Å².